The average Bonchev–Trinajstić information content (AvgIpc) is 3.02. The van der Waals surface area contributed by atoms with Crippen LogP contribution < -0.4 is 14.8 Å². The molecule has 1 aliphatic rings. The maximum absolute atomic E-state index is 6.39. The minimum atomic E-state index is -0.216. The summed E-state index contributed by atoms with van der Waals surface area (Å²) in [5.41, 5.74) is 3.37. The number of anilines is 1. The van der Waals surface area contributed by atoms with Crippen molar-refractivity contribution in [3.05, 3.63) is 47.5 Å². The first-order valence-corrected chi connectivity index (χ1v) is 9.89. The molecule has 1 aromatic heterocycles. The second-order valence-corrected chi connectivity index (χ2v) is 8.45. The van der Waals surface area contributed by atoms with Gasteiger partial charge in [-0.25, -0.2) is 0 Å². The van der Waals surface area contributed by atoms with Gasteiger partial charge >= 0.3 is 0 Å². The summed E-state index contributed by atoms with van der Waals surface area (Å²) in [7, 11) is 3.87. The van der Waals surface area contributed by atoms with E-state index < -0.39 is 0 Å². The van der Waals surface area contributed by atoms with E-state index in [0.29, 0.717) is 12.5 Å². The standard InChI is InChI=1S/C23H29N3O2/c1-14(2)15-7-10-19-20(11-15)27-13-21(28-19)23(3,4)16-8-9-17-18(12-16)26(6)25-22(17)24-5/h7-12,14,21H,13H2,1-6H3,(H,24,25). The SMILES string of the molecule is CNc1nn(C)c2cc(C(C)(C)C3COc4cc(C(C)C)ccc4O3)ccc12. The zero-order valence-corrected chi connectivity index (χ0v) is 17.5. The molecule has 2 aromatic carbocycles. The normalized spacial score (nSPS) is 16.6. The molecular formula is C23H29N3O2. The molecule has 0 fully saturated rings. The summed E-state index contributed by atoms with van der Waals surface area (Å²) in [6.45, 7) is 9.33. The third kappa shape index (κ3) is 2.99. The molecule has 0 saturated carbocycles. The Morgan fingerprint density at radius 2 is 1.93 bits per heavy atom. The maximum Gasteiger partial charge on any atom is 0.161 e. The Morgan fingerprint density at radius 3 is 2.64 bits per heavy atom. The van der Waals surface area contributed by atoms with Crippen LogP contribution in [0.3, 0.4) is 0 Å². The van der Waals surface area contributed by atoms with Crippen molar-refractivity contribution in [2.24, 2.45) is 7.05 Å². The van der Waals surface area contributed by atoms with Crippen LogP contribution in [0.15, 0.2) is 36.4 Å². The van der Waals surface area contributed by atoms with E-state index >= 15 is 0 Å². The van der Waals surface area contributed by atoms with Crippen LogP contribution in [0, 0.1) is 0 Å². The van der Waals surface area contributed by atoms with E-state index in [-0.39, 0.29) is 11.5 Å². The molecule has 1 atom stereocenters. The van der Waals surface area contributed by atoms with E-state index in [1.807, 2.05) is 24.8 Å². The van der Waals surface area contributed by atoms with Crippen LogP contribution in [0.25, 0.3) is 10.9 Å². The highest BCUT2D eigenvalue weighted by molar-refractivity contribution is 5.90. The molecule has 1 N–H and O–H groups in total. The van der Waals surface area contributed by atoms with Crippen LogP contribution in [0.2, 0.25) is 0 Å². The molecule has 28 heavy (non-hydrogen) atoms. The predicted octanol–water partition coefficient (Wildman–Crippen LogP) is 4.86. The van der Waals surface area contributed by atoms with Gasteiger partial charge in [-0.2, -0.15) is 5.10 Å². The summed E-state index contributed by atoms with van der Waals surface area (Å²) in [6.07, 6.45) is -0.0700. The monoisotopic (exact) mass is 379 g/mol. The van der Waals surface area contributed by atoms with Crippen molar-refractivity contribution in [2.45, 2.75) is 45.1 Å². The quantitative estimate of drug-likeness (QED) is 0.703. The lowest BCUT2D eigenvalue weighted by molar-refractivity contribution is 0.0421. The van der Waals surface area contributed by atoms with Crippen LogP contribution in [-0.4, -0.2) is 29.5 Å². The molecule has 148 valence electrons. The number of hydrogen-bond acceptors (Lipinski definition) is 4. The van der Waals surface area contributed by atoms with E-state index in [1.54, 1.807) is 0 Å². The van der Waals surface area contributed by atoms with Gasteiger partial charge in [0.2, 0.25) is 0 Å². The zero-order valence-electron chi connectivity index (χ0n) is 17.5. The summed E-state index contributed by atoms with van der Waals surface area (Å²) >= 11 is 0. The van der Waals surface area contributed by atoms with Gasteiger partial charge in [0.15, 0.2) is 17.3 Å². The Kier molecular flexibility index (Phi) is 4.48. The van der Waals surface area contributed by atoms with Gasteiger partial charge < -0.3 is 14.8 Å². The average molecular weight is 380 g/mol. The molecule has 3 aromatic rings. The number of fused-ring (bicyclic) bond motifs is 2. The molecule has 0 aliphatic carbocycles. The third-order valence-electron chi connectivity index (χ3n) is 5.93. The Hall–Kier alpha value is -2.69. The van der Waals surface area contributed by atoms with Gasteiger partial charge in [0, 0.05) is 24.9 Å². The van der Waals surface area contributed by atoms with Gasteiger partial charge in [0.05, 0.1) is 5.52 Å². The van der Waals surface area contributed by atoms with Crippen molar-refractivity contribution in [1.82, 2.24) is 9.78 Å². The number of aromatic nitrogens is 2. The molecule has 5 nitrogen and oxygen atoms in total. The molecule has 0 amide bonds. The second kappa shape index (κ2) is 6.73. The lowest BCUT2D eigenvalue weighted by Crippen LogP contribution is -2.44. The van der Waals surface area contributed by atoms with Gasteiger partial charge in [0.1, 0.15) is 12.7 Å². The first kappa shape index (κ1) is 18.7. The van der Waals surface area contributed by atoms with E-state index in [4.69, 9.17) is 9.47 Å². The maximum atomic E-state index is 6.39. The van der Waals surface area contributed by atoms with Crippen molar-refractivity contribution in [1.29, 1.82) is 0 Å². The highest BCUT2D eigenvalue weighted by atomic mass is 16.6. The number of ether oxygens (including phenoxy) is 2. The number of nitrogens with one attached hydrogen (secondary N) is 1. The second-order valence-electron chi connectivity index (χ2n) is 8.45. The molecule has 2 heterocycles. The zero-order chi connectivity index (χ0) is 20.1. The van der Waals surface area contributed by atoms with Crippen molar-refractivity contribution in [3.8, 4) is 11.5 Å². The van der Waals surface area contributed by atoms with Gasteiger partial charge in [-0.1, -0.05) is 39.8 Å². The summed E-state index contributed by atoms with van der Waals surface area (Å²) in [5.74, 6) is 3.04. The first-order chi connectivity index (χ1) is 13.3. The molecule has 0 saturated heterocycles. The largest absolute Gasteiger partial charge is 0.486 e. The van der Waals surface area contributed by atoms with Crippen LogP contribution in [-0.2, 0) is 12.5 Å². The van der Waals surface area contributed by atoms with Crippen LogP contribution in [0.4, 0.5) is 5.82 Å². The molecule has 1 aliphatic heterocycles. The molecule has 1 unspecified atom stereocenters. The highest BCUT2D eigenvalue weighted by Crippen LogP contribution is 2.40. The Labute approximate surface area is 166 Å². The smallest absolute Gasteiger partial charge is 0.161 e. The number of benzene rings is 2. The van der Waals surface area contributed by atoms with Gasteiger partial charge in [-0.05, 0) is 41.3 Å². The minimum absolute atomic E-state index is 0.0700. The number of rotatable bonds is 4. The van der Waals surface area contributed by atoms with Crippen molar-refractivity contribution in [2.75, 3.05) is 19.0 Å². The lowest BCUT2D eigenvalue weighted by atomic mass is 9.79. The van der Waals surface area contributed by atoms with Crippen molar-refractivity contribution in [3.63, 3.8) is 0 Å². The Balaban J connectivity index is 1.65. The van der Waals surface area contributed by atoms with E-state index in [2.05, 4.69) is 68.4 Å². The van der Waals surface area contributed by atoms with Gasteiger partial charge in [-0.3, -0.25) is 4.68 Å². The Morgan fingerprint density at radius 1 is 1.14 bits per heavy atom. The number of hydrogen-bond donors (Lipinski definition) is 1. The van der Waals surface area contributed by atoms with E-state index in [9.17, 15) is 0 Å². The molecule has 0 radical (unpaired) electrons. The Bertz CT molecular complexity index is 1020. The fraction of sp³-hybridized carbons (Fsp3) is 0.435. The molecular weight excluding hydrogens is 350 g/mol. The van der Waals surface area contributed by atoms with Crippen molar-refractivity contribution >= 4 is 16.7 Å². The summed E-state index contributed by atoms with van der Waals surface area (Å²) in [5, 5.41) is 8.83. The fourth-order valence-electron chi connectivity index (χ4n) is 3.83. The third-order valence-corrected chi connectivity index (χ3v) is 5.93. The molecule has 4 rings (SSSR count). The van der Waals surface area contributed by atoms with Crippen LogP contribution in [0.1, 0.15) is 44.7 Å². The topological polar surface area (TPSA) is 48.3 Å². The minimum Gasteiger partial charge on any atom is -0.486 e. The highest BCUT2D eigenvalue weighted by Gasteiger charge is 2.37. The molecule has 0 bridgehead atoms. The lowest BCUT2D eigenvalue weighted by Gasteiger charge is -2.38. The molecule has 0 spiro atoms. The first-order valence-electron chi connectivity index (χ1n) is 9.89. The molecule has 5 heteroatoms. The van der Waals surface area contributed by atoms with Crippen LogP contribution in [0.5, 0.6) is 11.5 Å². The number of aryl methyl sites for hydroxylation is 1. The van der Waals surface area contributed by atoms with E-state index in [0.717, 1.165) is 28.2 Å². The van der Waals surface area contributed by atoms with Gasteiger partial charge in [-0.15, -0.1) is 0 Å². The van der Waals surface area contributed by atoms with Gasteiger partial charge in [0.25, 0.3) is 0 Å². The number of nitrogens with zero attached hydrogens (tertiary/aromatic N) is 2. The summed E-state index contributed by atoms with van der Waals surface area (Å²) in [6, 6.07) is 12.8. The summed E-state index contributed by atoms with van der Waals surface area (Å²) in [4.78, 5) is 0. The predicted molar refractivity (Wildman–Crippen MR) is 114 cm³/mol. The van der Waals surface area contributed by atoms with Crippen molar-refractivity contribution < 1.29 is 9.47 Å². The van der Waals surface area contributed by atoms with E-state index in [1.165, 1.54) is 11.1 Å². The van der Waals surface area contributed by atoms with Crippen LogP contribution >= 0.6 is 0 Å². The fourth-order valence-corrected chi connectivity index (χ4v) is 3.83. The summed E-state index contributed by atoms with van der Waals surface area (Å²) < 4.78 is 14.4.